The Labute approximate surface area is 535 Å². The van der Waals surface area contributed by atoms with Gasteiger partial charge in [0.25, 0.3) is 0 Å². The van der Waals surface area contributed by atoms with E-state index in [1.165, 1.54) is 53.4 Å². The van der Waals surface area contributed by atoms with Crippen molar-refractivity contribution in [2.24, 2.45) is 21.8 Å². The van der Waals surface area contributed by atoms with Gasteiger partial charge in [0.1, 0.15) is 23.7 Å². The molecule has 8 aliphatic rings. The Bertz CT molecular complexity index is 3380. The number of nitrogens with one attached hydrogen (secondary N) is 2. The molecule has 0 bridgehead atoms. The van der Waals surface area contributed by atoms with Gasteiger partial charge in [0.05, 0.1) is 58.3 Å². The summed E-state index contributed by atoms with van der Waals surface area (Å²) in [7, 11) is 0. The van der Waals surface area contributed by atoms with E-state index in [1.54, 1.807) is 43.3 Å². The fourth-order valence-corrected chi connectivity index (χ4v) is 15.0. The molecule has 2 aromatic carbocycles. The number of ether oxygens (including phenoxy) is 2. The fourth-order valence-electron chi connectivity index (χ4n) is 13.0. The summed E-state index contributed by atoms with van der Waals surface area (Å²) in [6.07, 6.45) is 11.2. The number of hydrogen-bond acceptors (Lipinski definition) is 17. The molecular formula is C60H69BrCl2F2N11O10S2-. The van der Waals surface area contributed by atoms with Crippen molar-refractivity contribution >= 4 is 109 Å². The van der Waals surface area contributed by atoms with E-state index in [0.29, 0.717) is 108 Å². The van der Waals surface area contributed by atoms with Gasteiger partial charge in [-0.15, -0.1) is 22.7 Å². The van der Waals surface area contributed by atoms with Crippen LogP contribution in [0.2, 0.25) is 10.0 Å². The van der Waals surface area contributed by atoms with Crippen molar-refractivity contribution < 1.29 is 57.2 Å². The molecule has 28 heteroatoms. The van der Waals surface area contributed by atoms with Crippen LogP contribution in [0.15, 0.2) is 92.1 Å². The largest absolute Gasteiger partial charge is 0.481 e. The van der Waals surface area contributed by atoms with Gasteiger partial charge in [-0.2, -0.15) is 0 Å². The normalized spacial score (nSPS) is 25.0. The third-order valence-electron chi connectivity index (χ3n) is 17.0. The Morgan fingerprint density at radius 1 is 0.648 bits per heavy atom. The number of amides is 4. The van der Waals surface area contributed by atoms with Crippen molar-refractivity contribution in [1.82, 2.24) is 45.1 Å². The highest BCUT2D eigenvalue weighted by Crippen LogP contribution is 2.41. The fraction of sp³-hybridized carbons (Fsp3) is 0.483. The van der Waals surface area contributed by atoms with Crippen LogP contribution >= 0.6 is 61.8 Å². The highest BCUT2D eigenvalue weighted by molar-refractivity contribution is 9.09. The predicted octanol–water partition coefficient (Wildman–Crippen LogP) is 9.74. The number of aromatic nitrogens is 2. The number of alkyl halides is 1. The number of piperazine rings is 1. The summed E-state index contributed by atoms with van der Waals surface area (Å²) in [6, 6.07) is 6.96. The van der Waals surface area contributed by atoms with Crippen LogP contribution in [-0.2, 0) is 28.7 Å². The smallest absolute Gasteiger partial charge is 0.338 e. The number of carbonyl (C=O) groups excluding carboxylic acids is 4. The Morgan fingerprint density at radius 3 is 1.60 bits per heavy atom. The van der Waals surface area contributed by atoms with E-state index in [9.17, 15) is 47.8 Å². The van der Waals surface area contributed by atoms with Crippen molar-refractivity contribution in [3.05, 3.63) is 132 Å². The second kappa shape index (κ2) is 29.4. The first-order valence-corrected chi connectivity index (χ1v) is 32.7. The lowest BCUT2D eigenvalue weighted by atomic mass is 9.95. The van der Waals surface area contributed by atoms with Crippen LogP contribution in [0.3, 0.4) is 0 Å². The third-order valence-corrected chi connectivity index (χ3v) is 19.9. The van der Waals surface area contributed by atoms with Crippen LogP contribution < -0.4 is 10.6 Å². The Morgan fingerprint density at radius 2 is 1.14 bits per heavy atom. The van der Waals surface area contributed by atoms with Crippen molar-refractivity contribution in [3.8, 4) is 0 Å². The third kappa shape index (κ3) is 13.9. The molecule has 2 aromatic heterocycles. The van der Waals surface area contributed by atoms with Crippen LogP contribution in [0.1, 0.15) is 105 Å². The van der Waals surface area contributed by atoms with Gasteiger partial charge in [0.15, 0.2) is 21.7 Å². The van der Waals surface area contributed by atoms with Gasteiger partial charge in [-0.05, 0) is 70.9 Å². The Hall–Kier alpha value is -6.58. The SMILES string of the molecule is CCOC(=O)C1=C(CBr)NC(c2nccs2)=N[C@H]1c1cccc(F)c1Cl.CCOC(=O)C1=C(CN2CCN3C(=O)N([C@@H]4CCC[C@H]4C(=O)O)C[C@@H]3C2)NC(c2nccs2)=N[C@H]1c1cccc(F)c1Cl.O=C(O)[C@@H]1CCC[C@H]1N1C[C@@H]2CCCCN2C1=O.[CH3-]. The van der Waals surface area contributed by atoms with E-state index >= 15 is 0 Å². The number of carbonyl (C=O) groups is 6. The molecule has 4 aromatic rings. The van der Waals surface area contributed by atoms with Crippen LogP contribution in [0, 0.1) is 30.9 Å². The summed E-state index contributed by atoms with van der Waals surface area (Å²) in [5.74, 6) is -3.86. The standard InChI is InChI=1S/C29H32ClFN6O5S.C17H14BrClFN3O2S.C13H20N2O3.CH3/c1-2-42-28(40)22-20(33-25(26-32-9-12-43-26)34-24(22)18-6-3-7-19(31)23(18)30)15-35-10-11-36-16(13-35)14-37(29(36)41)21-8-4-5-17(21)27(38)39;1-2-25-17(24)12-11(8-18)22-15(16-21-6-7-26-16)23-14(12)9-4-3-5-10(20)13(9)19;16-12(17)10-5-3-6-11(10)15-8-9-4-1-2-7-14(9)13(15)18;/h3,6-7,9,12,16-17,21,24H,2,4-5,8,10-11,13-15H2,1H3,(H,33,34)(H,38,39);3-7,14H,2,8H2,1H3,(H,22,23);9-11H,1-8H2,(H,16,17);1H3/q;;;-1/t16-,17+,21+,24-;14-;9-,10+,11+;/m000./s1. The number of rotatable bonds is 15. The number of nitrogens with zero attached hydrogens (tertiary/aromatic N) is 9. The summed E-state index contributed by atoms with van der Waals surface area (Å²) in [5, 5.41) is 30.4. The molecule has 0 spiro atoms. The zero-order valence-electron chi connectivity index (χ0n) is 48.7. The van der Waals surface area contributed by atoms with Crippen LogP contribution in [-0.4, -0.2) is 181 Å². The van der Waals surface area contributed by atoms with Crippen LogP contribution in [0.5, 0.6) is 0 Å². The number of carboxylic acids is 2. The average Bonchev–Trinajstić information content (AvgIpc) is 1.91. The number of fused-ring (bicyclic) bond motifs is 2. The molecule has 12 rings (SSSR count). The van der Waals surface area contributed by atoms with Gasteiger partial charge in [0.2, 0.25) is 0 Å². The van der Waals surface area contributed by atoms with E-state index < -0.39 is 53.5 Å². The number of carboxylic acid groups (broad SMARTS) is 2. The van der Waals surface area contributed by atoms with E-state index in [4.69, 9.17) is 37.7 Å². The highest BCUT2D eigenvalue weighted by atomic mass is 79.9. The zero-order chi connectivity index (χ0) is 61.6. The molecule has 0 radical (unpaired) electrons. The minimum absolute atomic E-state index is 0. The summed E-state index contributed by atoms with van der Waals surface area (Å²) in [5.41, 5.74) is 2.37. The number of amidine groups is 2. The summed E-state index contributed by atoms with van der Waals surface area (Å²) in [4.78, 5) is 102. The molecule has 472 valence electrons. The number of urea groups is 2. The molecular weight excluding hydrogens is 1290 g/mol. The summed E-state index contributed by atoms with van der Waals surface area (Å²) in [6.45, 7) is 7.68. The number of aliphatic carboxylic acids is 2. The highest BCUT2D eigenvalue weighted by Gasteiger charge is 2.49. The molecule has 4 N–H and O–H groups in total. The van der Waals surface area contributed by atoms with E-state index in [2.05, 4.69) is 46.4 Å². The second-order valence-electron chi connectivity index (χ2n) is 22.0. The maximum absolute atomic E-state index is 14.6. The van der Waals surface area contributed by atoms with Crippen molar-refractivity contribution in [3.63, 3.8) is 0 Å². The van der Waals surface area contributed by atoms with Gasteiger partial charge in [-0.1, -0.05) is 76.2 Å². The lowest BCUT2D eigenvalue weighted by Gasteiger charge is -2.38. The topological polar surface area (TPSA) is 252 Å². The zero-order valence-corrected chi connectivity index (χ0v) is 53.4. The second-order valence-corrected chi connectivity index (χ2v) is 25.1. The van der Waals surface area contributed by atoms with Crippen molar-refractivity contribution in [2.45, 2.75) is 108 Å². The molecule has 2 saturated carbocycles. The van der Waals surface area contributed by atoms with Gasteiger partial charge < -0.3 is 57.3 Å². The van der Waals surface area contributed by atoms with E-state index in [0.717, 1.165) is 45.2 Å². The van der Waals surface area contributed by atoms with Gasteiger partial charge in [-0.25, -0.2) is 37.9 Å². The quantitative estimate of drug-likeness (QED) is 0.0491. The first kappa shape index (κ1) is 65.9. The van der Waals surface area contributed by atoms with Crippen molar-refractivity contribution in [1.29, 1.82) is 0 Å². The number of hydrogen-bond donors (Lipinski definition) is 4. The number of allylic oxidation sites excluding steroid dienone is 1. The lowest BCUT2D eigenvalue weighted by molar-refractivity contribution is -0.144. The maximum Gasteiger partial charge on any atom is 0.338 e. The van der Waals surface area contributed by atoms with Gasteiger partial charge in [-0.3, -0.25) is 24.5 Å². The molecule has 8 atom stereocenters. The minimum atomic E-state index is -0.933. The lowest BCUT2D eigenvalue weighted by Crippen LogP contribution is -2.53. The summed E-state index contributed by atoms with van der Waals surface area (Å²) < 4.78 is 39.3. The van der Waals surface area contributed by atoms with Gasteiger partial charge in [0, 0.05) is 109 Å². The molecule has 6 aliphatic heterocycles. The number of thiazole rings is 2. The molecule has 0 unspecified atom stereocenters. The number of aliphatic imine (C=N–C) groups is 2. The minimum Gasteiger partial charge on any atom is -0.481 e. The number of benzene rings is 2. The van der Waals surface area contributed by atoms with E-state index in [-0.39, 0.29) is 77.9 Å². The van der Waals surface area contributed by atoms with Crippen LogP contribution in [0.25, 0.3) is 0 Å². The van der Waals surface area contributed by atoms with E-state index in [1.807, 2.05) is 25.5 Å². The summed E-state index contributed by atoms with van der Waals surface area (Å²) >= 11 is 18.8. The van der Waals surface area contributed by atoms with Crippen LogP contribution in [0.4, 0.5) is 18.4 Å². The molecule has 21 nitrogen and oxygen atoms in total. The Kier molecular flexibility index (Phi) is 22.0. The average molecular weight is 1360 g/mol. The number of esters is 2. The predicted molar refractivity (Wildman–Crippen MR) is 332 cm³/mol. The van der Waals surface area contributed by atoms with Crippen molar-refractivity contribution in [2.75, 3.05) is 64.4 Å². The molecule has 6 fully saturated rings. The first-order chi connectivity index (χ1) is 42.0. The molecule has 88 heavy (non-hydrogen) atoms. The number of halogens is 5. The first-order valence-electron chi connectivity index (χ1n) is 29.1. The molecule has 2 aliphatic carbocycles. The molecule has 8 heterocycles. The van der Waals surface area contributed by atoms with Gasteiger partial charge >= 0.3 is 35.9 Å². The number of piperidine rings is 1. The molecule has 4 saturated heterocycles. The maximum atomic E-state index is 14.6. The Balaban J connectivity index is 0.000000173. The molecule has 4 amide bonds. The monoisotopic (exact) mass is 1350 g/mol.